The molecule has 0 unspecified atom stereocenters. The fourth-order valence-electron chi connectivity index (χ4n) is 2.06. The van der Waals surface area contributed by atoms with Gasteiger partial charge in [0, 0.05) is 10.9 Å². The summed E-state index contributed by atoms with van der Waals surface area (Å²) in [6, 6.07) is 6.26. The number of rotatable bonds is 3. The Morgan fingerprint density at radius 1 is 1.23 bits per heavy atom. The Kier molecular flexibility index (Phi) is 4.00. The molecule has 0 aliphatic carbocycles. The molecule has 1 amide bonds. The number of amides is 1. The van der Waals surface area contributed by atoms with Gasteiger partial charge in [0.15, 0.2) is 5.13 Å². The largest absolute Gasteiger partial charge is 0.297 e. The van der Waals surface area contributed by atoms with Crippen LogP contribution in [0.3, 0.4) is 0 Å². The Hall–Kier alpha value is -2.12. The summed E-state index contributed by atoms with van der Waals surface area (Å²) in [5, 5.41) is 9.18. The number of thiazole rings is 1. The molecule has 0 radical (unpaired) electrons. The summed E-state index contributed by atoms with van der Waals surface area (Å²) < 4.78 is 3.77. The highest BCUT2D eigenvalue weighted by Gasteiger charge is 2.15. The van der Waals surface area contributed by atoms with Crippen LogP contribution in [0.5, 0.6) is 0 Å². The maximum absolute atomic E-state index is 12.1. The van der Waals surface area contributed by atoms with E-state index < -0.39 is 0 Å². The van der Waals surface area contributed by atoms with Crippen molar-refractivity contribution in [3.8, 4) is 11.3 Å². The number of carbonyl (C=O) groups is 1. The number of nitrogens with zero attached hydrogens (tertiary/aromatic N) is 3. The van der Waals surface area contributed by atoms with E-state index in [4.69, 9.17) is 0 Å². The monoisotopic (exact) mass is 330 g/mol. The Bertz CT molecular complexity index is 838. The van der Waals surface area contributed by atoms with Crippen LogP contribution >= 0.6 is 22.9 Å². The van der Waals surface area contributed by atoms with E-state index in [1.165, 1.54) is 16.9 Å². The number of benzene rings is 1. The van der Waals surface area contributed by atoms with Gasteiger partial charge in [0.05, 0.1) is 11.4 Å². The van der Waals surface area contributed by atoms with Crippen LogP contribution in [-0.4, -0.2) is 20.5 Å². The van der Waals surface area contributed by atoms with Crippen LogP contribution in [0, 0.1) is 20.8 Å². The number of anilines is 1. The van der Waals surface area contributed by atoms with Gasteiger partial charge in [-0.15, -0.1) is 16.4 Å². The smallest absolute Gasteiger partial charge is 0.271 e. The number of hydrogen-bond donors (Lipinski definition) is 1. The minimum absolute atomic E-state index is 0.214. The van der Waals surface area contributed by atoms with Crippen molar-refractivity contribution >= 4 is 33.9 Å². The summed E-state index contributed by atoms with van der Waals surface area (Å²) in [6.45, 7) is 5.87. The number of hydrogen-bond acceptors (Lipinski definition) is 6. The number of nitrogens with one attached hydrogen (secondary N) is 1. The fourth-order valence-corrected chi connectivity index (χ4v) is 3.32. The van der Waals surface area contributed by atoms with Gasteiger partial charge in [0.2, 0.25) is 0 Å². The zero-order valence-electron chi connectivity index (χ0n) is 12.4. The van der Waals surface area contributed by atoms with Crippen molar-refractivity contribution in [1.29, 1.82) is 0 Å². The van der Waals surface area contributed by atoms with Crippen LogP contribution in [-0.2, 0) is 0 Å². The normalized spacial score (nSPS) is 10.7. The summed E-state index contributed by atoms with van der Waals surface area (Å²) in [6.07, 6.45) is 0. The molecule has 0 atom stereocenters. The molecular weight excluding hydrogens is 316 g/mol. The lowest BCUT2D eigenvalue weighted by molar-refractivity contribution is 0.103. The zero-order chi connectivity index (χ0) is 15.7. The molecule has 0 saturated carbocycles. The third-order valence-electron chi connectivity index (χ3n) is 3.25. The number of aromatic nitrogens is 3. The summed E-state index contributed by atoms with van der Waals surface area (Å²) in [4.78, 5) is 17.2. The van der Waals surface area contributed by atoms with Crippen LogP contribution in [0.2, 0.25) is 0 Å². The molecule has 0 fully saturated rings. The van der Waals surface area contributed by atoms with Crippen LogP contribution < -0.4 is 5.32 Å². The quantitative estimate of drug-likeness (QED) is 0.792. The van der Waals surface area contributed by atoms with E-state index in [1.807, 2.05) is 5.38 Å². The number of carbonyl (C=O) groups excluding carboxylic acids is 1. The van der Waals surface area contributed by atoms with Gasteiger partial charge >= 0.3 is 0 Å². The predicted octanol–water partition coefficient (Wildman–Crippen LogP) is 3.84. The Morgan fingerprint density at radius 2 is 2.05 bits per heavy atom. The lowest BCUT2D eigenvalue weighted by Gasteiger charge is -2.03. The van der Waals surface area contributed by atoms with Crippen LogP contribution in [0.1, 0.15) is 26.5 Å². The fraction of sp³-hybridized carbons (Fsp3) is 0.200. The SMILES string of the molecule is Cc1ccc(C)c(-c2csc(NC(=O)c3snnc3C)n2)c1. The summed E-state index contributed by atoms with van der Waals surface area (Å²) in [5.41, 5.74) is 4.95. The second-order valence-corrected chi connectivity index (χ2v) is 6.61. The van der Waals surface area contributed by atoms with E-state index in [0.717, 1.165) is 28.4 Å². The summed E-state index contributed by atoms with van der Waals surface area (Å²) in [7, 11) is 0. The van der Waals surface area contributed by atoms with E-state index in [0.29, 0.717) is 15.7 Å². The standard InChI is InChI=1S/C15H14N4OS2/c1-8-4-5-9(2)11(6-8)12-7-21-15(16-12)17-14(20)13-10(3)18-19-22-13/h4-7H,1-3H3,(H,16,17,20). The summed E-state index contributed by atoms with van der Waals surface area (Å²) >= 11 is 2.50. The van der Waals surface area contributed by atoms with Gasteiger partial charge in [-0.05, 0) is 43.9 Å². The van der Waals surface area contributed by atoms with Crippen molar-refractivity contribution in [2.45, 2.75) is 20.8 Å². The first-order valence-corrected chi connectivity index (χ1v) is 8.33. The van der Waals surface area contributed by atoms with Gasteiger partial charge in [-0.25, -0.2) is 4.98 Å². The minimum atomic E-state index is -0.214. The molecule has 1 aromatic carbocycles. The van der Waals surface area contributed by atoms with E-state index in [2.05, 4.69) is 51.9 Å². The van der Waals surface area contributed by atoms with Gasteiger partial charge in [-0.2, -0.15) is 0 Å². The van der Waals surface area contributed by atoms with E-state index in [9.17, 15) is 4.79 Å². The van der Waals surface area contributed by atoms with Crippen molar-refractivity contribution in [3.63, 3.8) is 0 Å². The lowest BCUT2D eigenvalue weighted by Crippen LogP contribution is -2.11. The first-order chi connectivity index (χ1) is 10.5. The second-order valence-electron chi connectivity index (χ2n) is 5.00. The Morgan fingerprint density at radius 3 is 2.77 bits per heavy atom. The zero-order valence-corrected chi connectivity index (χ0v) is 14.0. The molecule has 3 rings (SSSR count). The molecule has 2 heterocycles. The van der Waals surface area contributed by atoms with Crippen molar-refractivity contribution in [2.75, 3.05) is 5.32 Å². The number of aryl methyl sites for hydroxylation is 3. The molecule has 112 valence electrons. The van der Waals surface area contributed by atoms with Crippen LogP contribution in [0.25, 0.3) is 11.3 Å². The molecule has 1 N–H and O–H groups in total. The lowest BCUT2D eigenvalue weighted by atomic mass is 10.0. The molecular formula is C15H14N4OS2. The van der Waals surface area contributed by atoms with E-state index >= 15 is 0 Å². The molecule has 2 aromatic heterocycles. The van der Waals surface area contributed by atoms with Gasteiger partial charge in [-0.1, -0.05) is 22.2 Å². The van der Waals surface area contributed by atoms with Gasteiger partial charge in [-0.3, -0.25) is 10.1 Å². The van der Waals surface area contributed by atoms with E-state index in [-0.39, 0.29) is 5.91 Å². The van der Waals surface area contributed by atoms with Crippen LogP contribution in [0.4, 0.5) is 5.13 Å². The van der Waals surface area contributed by atoms with Gasteiger partial charge in [0.1, 0.15) is 4.88 Å². The third kappa shape index (κ3) is 2.90. The highest BCUT2D eigenvalue weighted by atomic mass is 32.1. The van der Waals surface area contributed by atoms with Crippen molar-refractivity contribution in [1.82, 2.24) is 14.6 Å². The summed E-state index contributed by atoms with van der Waals surface area (Å²) in [5.74, 6) is -0.214. The van der Waals surface area contributed by atoms with Crippen LogP contribution in [0.15, 0.2) is 23.6 Å². The maximum Gasteiger partial charge on any atom is 0.271 e. The van der Waals surface area contributed by atoms with Crippen molar-refractivity contribution in [2.24, 2.45) is 0 Å². The predicted molar refractivity (Wildman–Crippen MR) is 89.6 cm³/mol. The first-order valence-electron chi connectivity index (χ1n) is 6.68. The maximum atomic E-state index is 12.1. The molecule has 5 nitrogen and oxygen atoms in total. The van der Waals surface area contributed by atoms with Crippen molar-refractivity contribution in [3.05, 3.63) is 45.3 Å². The van der Waals surface area contributed by atoms with Gasteiger partial charge in [0.25, 0.3) is 5.91 Å². The third-order valence-corrected chi connectivity index (χ3v) is 4.84. The average molecular weight is 330 g/mol. The minimum Gasteiger partial charge on any atom is -0.297 e. The van der Waals surface area contributed by atoms with Gasteiger partial charge < -0.3 is 0 Å². The molecule has 3 aromatic rings. The molecule has 22 heavy (non-hydrogen) atoms. The molecule has 0 saturated heterocycles. The molecule has 0 aliphatic heterocycles. The average Bonchev–Trinajstić information content (AvgIpc) is 3.10. The second kappa shape index (κ2) is 5.94. The molecule has 0 spiro atoms. The first kappa shape index (κ1) is 14.8. The Balaban J connectivity index is 1.84. The molecule has 7 heteroatoms. The van der Waals surface area contributed by atoms with E-state index in [1.54, 1.807) is 6.92 Å². The Labute approximate surface area is 136 Å². The highest BCUT2D eigenvalue weighted by Crippen LogP contribution is 2.28. The topological polar surface area (TPSA) is 67.8 Å². The molecule has 0 bridgehead atoms. The van der Waals surface area contributed by atoms with Crippen molar-refractivity contribution < 1.29 is 4.79 Å². The highest BCUT2D eigenvalue weighted by molar-refractivity contribution is 7.14. The molecule has 0 aliphatic rings.